The number of H-pyrrole nitrogens is 1. The largest absolute Gasteiger partial charge is 0.373 e. The number of para-hydroxylation sites is 2. The Morgan fingerprint density at radius 1 is 1.13 bits per heavy atom. The van der Waals surface area contributed by atoms with E-state index in [1.807, 2.05) is 38.1 Å². The Morgan fingerprint density at radius 2 is 1.81 bits per heavy atom. The van der Waals surface area contributed by atoms with Crippen LogP contribution in [0.4, 0.5) is 0 Å². The van der Waals surface area contributed by atoms with Gasteiger partial charge in [-0.25, -0.2) is 13.4 Å². The Labute approximate surface area is 181 Å². The minimum Gasteiger partial charge on any atom is -0.373 e. The Morgan fingerprint density at radius 3 is 2.48 bits per heavy atom. The minimum absolute atomic E-state index is 0.157. The van der Waals surface area contributed by atoms with Crippen molar-refractivity contribution >= 4 is 27.0 Å². The number of carbonyl (C=O) groups excluding carboxylic acids is 1. The molecule has 1 aliphatic heterocycles. The van der Waals surface area contributed by atoms with Gasteiger partial charge < -0.3 is 15.0 Å². The highest BCUT2D eigenvalue weighted by Gasteiger charge is 2.32. The lowest BCUT2D eigenvalue weighted by Gasteiger charge is -2.34. The molecule has 2 aromatic carbocycles. The van der Waals surface area contributed by atoms with Gasteiger partial charge in [0, 0.05) is 31.6 Å². The van der Waals surface area contributed by atoms with Gasteiger partial charge >= 0.3 is 0 Å². The molecule has 1 amide bonds. The van der Waals surface area contributed by atoms with Crippen molar-refractivity contribution in [1.82, 2.24) is 19.6 Å². The Hall–Kier alpha value is -2.75. The van der Waals surface area contributed by atoms with Crippen molar-refractivity contribution in [3.05, 3.63) is 59.9 Å². The molecule has 0 spiro atoms. The van der Waals surface area contributed by atoms with Gasteiger partial charge in [-0.15, -0.1) is 0 Å². The van der Waals surface area contributed by atoms with Gasteiger partial charge in [0.25, 0.3) is 5.91 Å². The van der Waals surface area contributed by atoms with Gasteiger partial charge in [-0.3, -0.25) is 4.79 Å². The lowest BCUT2D eigenvalue weighted by Crippen LogP contribution is -2.48. The molecule has 0 unspecified atom stereocenters. The lowest BCUT2D eigenvalue weighted by atomic mass is 10.2. The monoisotopic (exact) mass is 442 g/mol. The second-order valence-electron chi connectivity index (χ2n) is 7.81. The maximum atomic E-state index is 12.9. The fourth-order valence-corrected chi connectivity index (χ4v) is 5.37. The van der Waals surface area contributed by atoms with E-state index in [0.717, 1.165) is 16.9 Å². The number of rotatable bonds is 6. The van der Waals surface area contributed by atoms with E-state index in [2.05, 4.69) is 15.3 Å². The Balaban J connectivity index is 1.36. The molecule has 4 rings (SSSR count). The average Bonchev–Trinajstić information content (AvgIpc) is 3.16. The Kier molecular flexibility index (Phi) is 6.08. The topological polar surface area (TPSA) is 104 Å². The number of hydrogen-bond donors (Lipinski definition) is 2. The van der Waals surface area contributed by atoms with E-state index in [4.69, 9.17) is 4.74 Å². The molecule has 9 heteroatoms. The van der Waals surface area contributed by atoms with Crippen LogP contribution in [0.5, 0.6) is 0 Å². The molecule has 164 valence electrons. The number of hydrogen-bond acceptors (Lipinski definition) is 5. The minimum atomic E-state index is -3.63. The number of benzene rings is 2. The highest BCUT2D eigenvalue weighted by molar-refractivity contribution is 7.89. The van der Waals surface area contributed by atoms with Crippen molar-refractivity contribution in [2.75, 3.05) is 19.6 Å². The zero-order valence-electron chi connectivity index (χ0n) is 17.5. The molecular formula is C22H26N4O4S. The number of carbonyl (C=O) groups is 1. The summed E-state index contributed by atoms with van der Waals surface area (Å²) in [4.78, 5) is 20.3. The van der Waals surface area contributed by atoms with Crippen LogP contribution < -0.4 is 5.32 Å². The van der Waals surface area contributed by atoms with Gasteiger partial charge in [-0.05, 0) is 50.2 Å². The van der Waals surface area contributed by atoms with Crippen LogP contribution in [0.3, 0.4) is 0 Å². The molecule has 0 saturated carbocycles. The van der Waals surface area contributed by atoms with Crippen LogP contribution >= 0.6 is 0 Å². The first kappa shape index (κ1) is 21.5. The van der Waals surface area contributed by atoms with Crippen LogP contribution in [0.2, 0.25) is 0 Å². The first-order valence-electron chi connectivity index (χ1n) is 10.3. The first-order valence-corrected chi connectivity index (χ1v) is 11.7. The van der Waals surface area contributed by atoms with E-state index in [9.17, 15) is 13.2 Å². The highest BCUT2D eigenvalue weighted by atomic mass is 32.2. The van der Waals surface area contributed by atoms with E-state index in [1.54, 1.807) is 0 Å². The predicted molar refractivity (Wildman–Crippen MR) is 117 cm³/mol. The fraction of sp³-hybridized carbons (Fsp3) is 0.364. The van der Waals surface area contributed by atoms with Crippen molar-refractivity contribution < 1.29 is 17.9 Å². The van der Waals surface area contributed by atoms with E-state index < -0.39 is 10.0 Å². The number of nitrogens with zero attached hydrogens (tertiary/aromatic N) is 2. The van der Waals surface area contributed by atoms with Gasteiger partial charge in [0.1, 0.15) is 5.82 Å². The summed E-state index contributed by atoms with van der Waals surface area (Å²) < 4.78 is 32.9. The molecule has 0 aliphatic carbocycles. The maximum absolute atomic E-state index is 12.9. The van der Waals surface area contributed by atoms with Crippen molar-refractivity contribution in [2.24, 2.45) is 0 Å². The normalized spacial score (nSPS) is 20.1. The summed E-state index contributed by atoms with van der Waals surface area (Å²) in [7, 11) is -3.63. The number of amides is 1. The van der Waals surface area contributed by atoms with E-state index in [-0.39, 0.29) is 23.0 Å². The zero-order chi connectivity index (χ0) is 22.0. The van der Waals surface area contributed by atoms with Crippen molar-refractivity contribution in [2.45, 2.75) is 37.4 Å². The molecule has 1 aromatic heterocycles. The van der Waals surface area contributed by atoms with Crippen LogP contribution in [0.25, 0.3) is 11.0 Å². The molecule has 2 N–H and O–H groups in total. The molecule has 8 nitrogen and oxygen atoms in total. The maximum Gasteiger partial charge on any atom is 0.251 e. The summed E-state index contributed by atoms with van der Waals surface area (Å²) in [6.07, 6.45) is 0.256. The van der Waals surface area contributed by atoms with Crippen LogP contribution in [-0.2, 0) is 21.2 Å². The number of aromatic amines is 1. The second kappa shape index (κ2) is 8.78. The number of ether oxygens (including phenoxy) is 1. The molecule has 1 fully saturated rings. The van der Waals surface area contributed by atoms with Crippen LogP contribution in [0.15, 0.2) is 53.4 Å². The summed E-state index contributed by atoms with van der Waals surface area (Å²) in [6, 6.07) is 13.8. The third-order valence-electron chi connectivity index (χ3n) is 5.23. The van der Waals surface area contributed by atoms with E-state index in [1.165, 1.54) is 28.6 Å². The van der Waals surface area contributed by atoms with Gasteiger partial charge in [-0.1, -0.05) is 12.1 Å². The SMILES string of the molecule is C[C@H]1CN(S(=O)(=O)c2ccc(C(=O)NCCc3nc4ccccc4[nH]3)cc2)C[C@H](C)O1. The Bertz CT molecular complexity index is 1130. The van der Waals surface area contributed by atoms with Gasteiger partial charge in [0.15, 0.2) is 0 Å². The summed E-state index contributed by atoms with van der Waals surface area (Å²) in [5.41, 5.74) is 2.27. The quantitative estimate of drug-likeness (QED) is 0.610. The molecule has 2 atom stereocenters. The number of nitrogens with one attached hydrogen (secondary N) is 2. The molecule has 0 bridgehead atoms. The van der Waals surface area contributed by atoms with Crippen molar-refractivity contribution in [3.8, 4) is 0 Å². The first-order chi connectivity index (χ1) is 14.8. The van der Waals surface area contributed by atoms with Crippen LogP contribution in [-0.4, -0.2) is 60.4 Å². The van der Waals surface area contributed by atoms with Crippen molar-refractivity contribution in [1.29, 1.82) is 0 Å². The number of aromatic nitrogens is 2. The predicted octanol–water partition coefficient (Wildman–Crippen LogP) is 2.33. The summed E-state index contributed by atoms with van der Waals surface area (Å²) >= 11 is 0. The summed E-state index contributed by atoms with van der Waals surface area (Å²) in [5.74, 6) is 0.547. The van der Waals surface area contributed by atoms with Crippen LogP contribution in [0, 0.1) is 0 Å². The molecule has 1 saturated heterocycles. The zero-order valence-corrected chi connectivity index (χ0v) is 18.4. The molecule has 1 aliphatic rings. The highest BCUT2D eigenvalue weighted by Crippen LogP contribution is 2.21. The standard InChI is InChI=1S/C22H26N4O4S/c1-15-13-26(14-16(2)30-15)31(28,29)18-9-7-17(8-10-18)22(27)23-12-11-21-24-19-5-3-4-6-20(19)25-21/h3-10,15-16H,11-14H2,1-2H3,(H,23,27)(H,24,25)/t15-,16-/m0/s1. The van der Waals surface area contributed by atoms with Crippen molar-refractivity contribution in [3.63, 3.8) is 0 Å². The van der Waals surface area contributed by atoms with E-state index in [0.29, 0.717) is 31.6 Å². The average molecular weight is 443 g/mol. The van der Waals surface area contributed by atoms with Gasteiger partial charge in [-0.2, -0.15) is 4.31 Å². The third-order valence-corrected chi connectivity index (χ3v) is 7.07. The second-order valence-corrected chi connectivity index (χ2v) is 9.75. The molecule has 3 aromatic rings. The number of sulfonamides is 1. The van der Waals surface area contributed by atoms with Gasteiger partial charge in [0.05, 0.1) is 28.1 Å². The molecular weight excluding hydrogens is 416 g/mol. The van der Waals surface area contributed by atoms with Gasteiger partial charge in [0.2, 0.25) is 10.0 Å². The number of imidazole rings is 1. The van der Waals surface area contributed by atoms with Crippen LogP contribution in [0.1, 0.15) is 30.0 Å². The lowest BCUT2D eigenvalue weighted by molar-refractivity contribution is -0.0440. The molecule has 0 radical (unpaired) electrons. The van der Waals surface area contributed by atoms with E-state index >= 15 is 0 Å². The smallest absolute Gasteiger partial charge is 0.251 e. The number of fused-ring (bicyclic) bond motifs is 1. The third kappa shape index (κ3) is 4.79. The summed E-state index contributed by atoms with van der Waals surface area (Å²) in [6.45, 7) is 4.77. The molecule has 31 heavy (non-hydrogen) atoms. The fourth-order valence-electron chi connectivity index (χ4n) is 3.77. The number of morpholine rings is 1. The summed E-state index contributed by atoms with van der Waals surface area (Å²) in [5, 5.41) is 2.85. The molecule has 2 heterocycles.